The first-order chi connectivity index (χ1) is 17.9. The highest BCUT2D eigenvalue weighted by molar-refractivity contribution is 8.18. The van der Waals surface area contributed by atoms with Crippen LogP contribution >= 0.6 is 11.8 Å². The molecule has 0 saturated carbocycles. The van der Waals surface area contributed by atoms with Crippen molar-refractivity contribution in [2.45, 2.75) is 13.5 Å². The number of hydrogen-bond donors (Lipinski definition) is 0. The van der Waals surface area contributed by atoms with Gasteiger partial charge in [0.15, 0.2) is 0 Å². The number of fused-ring (bicyclic) bond motifs is 1. The SMILES string of the molecule is Cc1cccc(OCCN2C(=O)S/C(=C\c3cn(Cc4ccccc4[N+](=O)[O-])c4ccccc34)C2=O)c1. The van der Waals surface area contributed by atoms with Gasteiger partial charge in [0.1, 0.15) is 12.4 Å². The second kappa shape index (κ2) is 10.3. The topological polar surface area (TPSA) is 94.7 Å². The van der Waals surface area contributed by atoms with Crippen molar-refractivity contribution in [3.05, 3.63) is 111 Å². The molecular formula is C28H23N3O5S. The van der Waals surface area contributed by atoms with Gasteiger partial charge in [-0.05, 0) is 48.5 Å². The number of carbonyl (C=O) groups excluding carboxylic acids is 2. The van der Waals surface area contributed by atoms with Gasteiger partial charge in [0.05, 0.1) is 22.9 Å². The van der Waals surface area contributed by atoms with E-state index in [0.717, 1.165) is 33.8 Å². The monoisotopic (exact) mass is 513 g/mol. The van der Waals surface area contributed by atoms with E-state index < -0.39 is 0 Å². The minimum Gasteiger partial charge on any atom is -0.492 e. The molecule has 8 nitrogen and oxygen atoms in total. The van der Waals surface area contributed by atoms with E-state index in [1.165, 1.54) is 11.0 Å². The molecule has 0 bridgehead atoms. The lowest BCUT2D eigenvalue weighted by molar-refractivity contribution is -0.385. The molecular weight excluding hydrogens is 490 g/mol. The highest BCUT2D eigenvalue weighted by Gasteiger charge is 2.35. The van der Waals surface area contributed by atoms with E-state index in [9.17, 15) is 19.7 Å². The Labute approximate surface area is 217 Å². The Morgan fingerprint density at radius 2 is 1.81 bits per heavy atom. The lowest BCUT2D eigenvalue weighted by Gasteiger charge is -2.13. The number of thioether (sulfide) groups is 1. The Morgan fingerprint density at radius 3 is 2.62 bits per heavy atom. The molecule has 0 unspecified atom stereocenters. The first-order valence-corrected chi connectivity index (χ1v) is 12.5. The van der Waals surface area contributed by atoms with Crippen LogP contribution in [0.25, 0.3) is 17.0 Å². The molecule has 0 N–H and O–H groups in total. The summed E-state index contributed by atoms with van der Waals surface area (Å²) in [6.45, 7) is 2.61. The summed E-state index contributed by atoms with van der Waals surface area (Å²) in [5, 5.41) is 12.0. The predicted octanol–water partition coefficient (Wildman–Crippen LogP) is 6.02. The number of amides is 2. The maximum Gasteiger partial charge on any atom is 0.293 e. The van der Waals surface area contributed by atoms with E-state index in [-0.39, 0.29) is 34.9 Å². The predicted molar refractivity (Wildman–Crippen MR) is 143 cm³/mol. The van der Waals surface area contributed by atoms with Crippen molar-refractivity contribution in [2.75, 3.05) is 13.2 Å². The molecule has 2 amide bonds. The highest BCUT2D eigenvalue weighted by atomic mass is 32.2. The van der Waals surface area contributed by atoms with Gasteiger partial charge in [0, 0.05) is 34.3 Å². The summed E-state index contributed by atoms with van der Waals surface area (Å²) in [4.78, 5) is 38.3. The Kier molecular flexibility index (Phi) is 6.78. The quantitative estimate of drug-likeness (QED) is 0.162. The number of nitro benzene ring substituents is 1. The summed E-state index contributed by atoms with van der Waals surface area (Å²) in [5.74, 6) is 0.326. The lowest BCUT2D eigenvalue weighted by atomic mass is 10.1. The zero-order valence-electron chi connectivity index (χ0n) is 20.0. The molecule has 186 valence electrons. The van der Waals surface area contributed by atoms with E-state index in [1.807, 2.05) is 66.2 Å². The maximum atomic E-state index is 13.0. The third-order valence-electron chi connectivity index (χ3n) is 6.08. The molecule has 1 fully saturated rings. The maximum absolute atomic E-state index is 13.0. The minimum absolute atomic E-state index is 0.0517. The van der Waals surface area contributed by atoms with Crippen LogP contribution in [0.4, 0.5) is 10.5 Å². The molecule has 1 saturated heterocycles. The van der Waals surface area contributed by atoms with Crippen LogP contribution in [0, 0.1) is 17.0 Å². The van der Waals surface area contributed by atoms with E-state index in [2.05, 4.69) is 0 Å². The molecule has 5 rings (SSSR count). The molecule has 9 heteroatoms. The molecule has 1 aliphatic heterocycles. The van der Waals surface area contributed by atoms with Gasteiger partial charge in [-0.25, -0.2) is 0 Å². The first kappa shape index (κ1) is 24.3. The van der Waals surface area contributed by atoms with Crippen molar-refractivity contribution < 1.29 is 19.2 Å². The van der Waals surface area contributed by atoms with Gasteiger partial charge in [-0.15, -0.1) is 0 Å². The third-order valence-corrected chi connectivity index (χ3v) is 6.99. The molecule has 0 atom stereocenters. The molecule has 0 aliphatic carbocycles. The van der Waals surface area contributed by atoms with Gasteiger partial charge in [-0.3, -0.25) is 24.6 Å². The van der Waals surface area contributed by atoms with Gasteiger partial charge in [-0.2, -0.15) is 0 Å². The number of aryl methyl sites for hydroxylation is 1. The average Bonchev–Trinajstić information content (AvgIpc) is 3.36. The summed E-state index contributed by atoms with van der Waals surface area (Å²) >= 11 is 0.898. The normalized spacial score (nSPS) is 14.6. The summed E-state index contributed by atoms with van der Waals surface area (Å²) < 4.78 is 7.64. The molecule has 4 aromatic rings. The molecule has 1 aromatic heterocycles. The number of nitro groups is 1. The number of benzene rings is 3. The van der Waals surface area contributed by atoms with Crippen LogP contribution in [-0.2, 0) is 11.3 Å². The fourth-order valence-electron chi connectivity index (χ4n) is 4.32. The Bertz CT molecular complexity index is 1560. The Morgan fingerprint density at radius 1 is 1.03 bits per heavy atom. The fraction of sp³-hybridized carbons (Fsp3) is 0.143. The standard InChI is InChI=1S/C28H23N3O5S/c1-19-7-6-9-22(15-19)36-14-13-30-27(32)26(37-28(30)33)16-21-18-29(25-12-5-3-10-23(21)25)17-20-8-2-4-11-24(20)31(34)35/h2-12,15-16,18H,13-14,17H2,1H3/b26-16-. The van der Waals surface area contributed by atoms with E-state index in [4.69, 9.17) is 4.74 Å². The smallest absolute Gasteiger partial charge is 0.293 e. The number of carbonyl (C=O) groups is 2. The molecule has 0 spiro atoms. The molecule has 3 aromatic carbocycles. The van der Waals surface area contributed by atoms with E-state index in [1.54, 1.807) is 24.3 Å². The van der Waals surface area contributed by atoms with E-state index >= 15 is 0 Å². The number of aromatic nitrogens is 1. The van der Waals surface area contributed by atoms with Crippen LogP contribution in [0.2, 0.25) is 0 Å². The number of hydrogen-bond acceptors (Lipinski definition) is 6. The van der Waals surface area contributed by atoms with Crippen molar-refractivity contribution in [2.24, 2.45) is 0 Å². The zero-order chi connectivity index (χ0) is 25.9. The third kappa shape index (κ3) is 5.12. The summed E-state index contributed by atoms with van der Waals surface area (Å²) in [6.07, 6.45) is 3.57. The van der Waals surface area contributed by atoms with Crippen LogP contribution in [0.15, 0.2) is 83.9 Å². The van der Waals surface area contributed by atoms with Crippen LogP contribution in [0.1, 0.15) is 16.7 Å². The van der Waals surface area contributed by atoms with Crippen LogP contribution in [-0.4, -0.2) is 38.7 Å². The van der Waals surface area contributed by atoms with Crippen molar-refractivity contribution in [1.82, 2.24) is 9.47 Å². The number of para-hydroxylation sites is 2. The Hall–Kier alpha value is -4.37. The number of rotatable bonds is 8. The molecule has 0 radical (unpaired) electrons. The second-order valence-electron chi connectivity index (χ2n) is 8.61. The highest BCUT2D eigenvalue weighted by Crippen LogP contribution is 2.34. The van der Waals surface area contributed by atoms with Crippen LogP contribution in [0.5, 0.6) is 5.75 Å². The second-order valence-corrected chi connectivity index (χ2v) is 9.61. The van der Waals surface area contributed by atoms with E-state index in [0.29, 0.717) is 22.8 Å². The van der Waals surface area contributed by atoms with Crippen molar-refractivity contribution in [3.8, 4) is 5.75 Å². The largest absolute Gasteiger partial charge is 0.492 e. The summed E-state index contributed by atoms with van der Waals surface area (Å²) in [6, 6.07) is 21.9. The average molecular weight is 514 g/mol. The molecule has 1 aliphatic rings. The molecule has 2 heterocycles. The van der Waals surface area contributed by atoms with Gasteiger partial charge in [-0.1, -0.05) is 48.5 Å². The lowest BCUT2D eigenvalue weighted by Crippen LogP contribution is -2.32. The van der Waals surface area contributed by atoms with Crippen LogP contribution in [0.3, 0.4) is 0 Å². The van der Waals surface area contributed by atoms with Gasteiger partial charge >= 0.3 is 0 Å². The summed E-state index contributed by atoms with van der Waals surface area (Å²) in [7, 11) is 0. The fourth-order valence-corrected chi connectivity index (χ4v) is 5.18. The van der Waals surface area contributed by atoms with Crippen LogP contribution < -0.4 is 4.74 Å². The van der Waals surface area contributed by atoms with Gasteiger partial charge in [0.25, 0.3) is 16.8 Å². The van der Waals surface area contributed by atoms with Crippen molar-refractivity contribution in [3.63, 3.8) is 0 Å². The number of imide groups is 1. The zero-order valence-corrected chi connectivity index (χ0v) is 20.8. The number of ether oxygens (including phenoxy) is 1. The number of nitrogens with zero attached hydrogens (tertiary/aromatic N) is 3. The first-order valence-electron chi connectivity index (χ1n) is 11.7. The minimum atomic E-state index is -0.388. The van der Waals surface area contributed by atoms with Gasteiger partial charge in [0.2, 0.25) is 0 Å². The Balaban J connectivity index is 1.37. The van der Waals surface area contributed by atoms with Gasteiger partial charge < -0.3 is 9.30 Å². The van der Waals surface area contributed by atoms with Crippen molar-refractivity contribution in [1.29, 1.82) is 0 Å². The van der Waals surface area contributed by atoms with Crippen molar-refractivity contribution >= 4 is 45.6 Å². The molecule has 37 heavy (non-hydrogen) atoms. The summed E-state index contributed by atoms with van der Waals surface area (Å²) in [5.41, 5.74) is 3.32.